The molecule has 296 valence electrons. The molecule has 2 amide bonds. The van der Waals surface area contributed by atoms with Crippen molar-refractivity contribution in [2.45, 2.75) is 50.9 Å². The molecular weight excluding hydrogens is 761 g/mol. The fourth-order valence-corrected chi connectivity index (χ4v) is 7.83. The molecule has 6 heterocycles. The lowest BCUT2D eigenvalue weighted by atomic mass is 9.88. The van der Waals surface area contributed by atoms with Crippen molar-refractivity contribution in [2.24, 2.45) is 5.92 Å². The Morgan fingerprint density at radius 2 is 1.86 bits per heavy atom. The predicted octanol–water partition coefficient (Wildman–Crippen LogP) is 2.99. The quantitative estimate of drug-likeness (QED) is 0.226. The van der Waals surface area contributed by atoms with E-state index >= 15 is 0 Å². The minimum absolute atomic E-state index is 0.0261. The van der Waals surface area contributed by atoms with E-state index in [2.05, 4.69) is 25.4 Å². The number of aliphatic hydroxyl groups is 1. The van der Waals surface area contributed by atoms with Crippen LogP contribution in [0.1, 0.15) is 53.8 Å². The minimum Gasteiger partial charge on any atom is -0.503 e. The molecule has 1 saturated carbocycles. The Bertz CT molecular complexity index is 2310. The number of nitrogens with one attached hydrogen (secondary N) is 1. The molecule has 8 rings (SSSR count). The van der Waals surface area contributed by atoms with Crippen LogP contribution in [0.25, 0.3) is 11.4 Å². The molecule has 0 atom stereocenters. The Morgan fingerprint density at radius 3 is 2.50 bits per heavy atom. The first-order valence-corrected chi connectivity index (χ1v) is 18.6. The van der Waals surface area contributed by atoms with Crippen LogP contribution in [0.2, 0.25) is 5.02 Å². The summed E-state index contributed by atoms with van der Waals surface area (Å²) in [6.45, 7) is 3.54. The van der Waals surface area contributed by atoms with Crippen LogP contribution in [0.4, 0.5) is 30.4 Å². The molecule has 3 aromatic heterocycles. The molecule has 2 saturated heterocycles. The number of amides is 2. The summed E-state index contributed by atoms with van der Waals surface area (Å²) in [6, 6.07) is 2.62. The molecule has 0 spiro atoms. The molecular formula is C36H38ClF3N10O6. The Kier molecular flexibility index (Phi) is 9.64. The second-order valence-corrected chi connectivity index (χ2v) is 14.8. The Hall–Kier alpha value is -5.27. The van der Waals surface area contributed by atoms with Gasteiger partial charge in [-0.1, -0.05) is 24.6 Å². The van der Waals surface area contributed by atoms with Crippen LogP contribution in [-0.4, -0.2) is 114 Å². The van der Waals surface area contributed by atoms with Crippen molar-refractivity contribution in [3.63, 3.8) is 0 Å². The lowest BCUT2D eigenvalue weighted by Crippen LogP contribution is -2.63. The first-order chi connectivity index (χ1) is 26.8. The van der Waals surface area contributed by atoms with Gasteiger partial charge in [0, 0.05) is 26.2 Å². The summed E-state index contributed by atoms with van der Waals surface area (Å²) >= 11 is 6.14. The lowest BCUT2D eigenvalue weighted by Gasteiger charge is -2.47. The van der Waals surface area contributed by atoms with Crippen LogP contribution in [-0.2, 0) is 28.7 Å². The van der Waals surface area contributed by atoms with Crippen LogP contribution in [0.3, 0.4) is 0 Å². The van der Waals surface area contributed by atoms with Crippen molar-refractivity contribution in [3.8, 4) is 5.75 Å². The number of ether oxygens (including phenoxy) is 1. The first-order valence-electron chi connectivity index (χ1n) is 18.3. The summed E-state index contributed by atoms with van der Waals surface area (Å²) in [5.41, 5.74) is -0.995. The number of aromatic hydroxyl groups is 1. The summed E-state index contributed by atoms with van der Waals surface area (Å²) in [5.74, 6) is -0.719. The summed E-state index contributed by atoms with van der Waals surface area (Å²) in [5, 5.41) is 28.7. The second-order valence-electron chi connectivity index (χ2n) is 14.4. The van der Waals surface area contributed by atoms with Crippen LogP contribution in [0, 0.1) is 5.92 Å². The molecule has 3 aliphatic heterocycles. The van der Waals surface area contributed by atoms with Gasteiger partial charge in [0.2, 0.25) is 11.7 Å². The zero-order valence-corrected chi connectivity index (χ0v) is 31.0. The second kappa shape index (κ2) is 14.3. The molecule has 3 N–H and O–H groups in total. The average Bonchev–Trinajstić information content (AvgIpc) is 3.93. The number of rotatable bonds is 9. The third kappa shape index (κ3) is 6.91. The average molecular weight is 799 g/mol. The number of halogens is 4. The summed E-state index contributed by atoms with van der Waals surface area (Å²) in [6.07, 6.45) is 1.11. The largest absolute Gasteiger partial charge is 0.503 e. The third-order valence-corrected chi connectivity index (χ3v) is 11.1. The van der Waals surface area contributed by atoms with E-state index in [1.807, 2.05) is 17.9 Å². The highest BCUT2D eigenvalue weighted by molar-refractivity contribution is 6.33. The van der Waals surface area contributed by atoms with Gasteiger partial charge in [-0.15, -0.1) is 5.10 Å². The summed E-state index contributed by atoms with van der Waals surface area (Å²) in [7, 11) is 0. The number of β-amino-alcohol motifs (C(OH)–C–C–N with tert-alkyl or cyclic N) is 1. The van der Waals surface area contributed by atoms with Crippen LogP contribution in [0.5, 0.6) is 5.75 Å². The van der Waals surface area contributed by atoms with Crippen molar-refractivity contribution in [1.29, 1.82) is 0 Å². The van der Waals surface area contributed by atoms with Gasteiger partial charge in [0.15, 0.2) is 23.1 Å². The molecule has 20 heteroatoms. The van der Waals surface area contributed by atoms with Gasteiger partial charge in [0.1, 0.15) is 24.2 Å². The van der Waals surface area contributed by atoms with Gasteiger partial charge < -0.3 is 39.5 Å². The van der Waals surface area contributed by atoms with Gasteiger partial charge in [0.25, 0.3) is 11.5 Å². The number of fused-ring (bicyclic) bond motifs is 1. The number of aromatic nitrogens is 6. The van der Waals surface area contributed by atoms with Gasteiger partial charge in [0.05, 0.1) is 48.3 Å². The van der Waals surface area contributed by atoms with E-state index in [0.29, 0.717) is 44.2 Å². The van der Waals surface area contributed by atoms with E-state index in [-0.39, 0.29) is 84.5 Å². The number of benzene rings is 1. The predicted molar refractivity (Wildman–Crippen MR) is 197 cm³/mol. The number of carbonyl (C=O) groups is 2. The molecule has 0 bridgehead atoms. The number of alkyl halides is 3. The first kappa shape index (κ1) is 37.6. The van der Waals surface area contributed by atoms with E-state index in [0.717, 1.165) is 41.1 Å². The SMILES string of the molecule is CCc1c(N2CCN(C(=O)c3ncnc(N4CC(O)(C5CC5)C4)c3O)CC2)c(=O)n2nc(C3=CCOCC3)nc2n1CC(=O)Nc1ccc(C(F)(F)F)cc1Cl. The van der Waals surface area contributed by atoms with Gasteiger partial charge in [-0.05, 0) is 55.4 Å². The zero-order chi connectivity index (χ0) is 39.5. The number of piperazine rings is 1. The van der Waals surface area contributed by atoms with E-state index in [4.69, 9.17) is 16.3 Å². The number of hydrogen-bond acceptors (Lipinski definition) is 12. The number of anilines is 3. The van der Waals surface area contributed by atoms with Gasteiger partial charge in [-0.3, -0.25) is 14.4 Å². The van der Waals surface area contributed by atoms with Gasteiger partial charge >= 0.3 is 6.18 Å². The highest BCUT2D eigenvalue weighted by Gasteiger charge is 2.53. The van der Waals surface area contributed by atoms with E-state index < -0.39 is 34.7 Å². The summed E-state index contributed by atoms with van der Waals surface area (Å²) < 4.78 is 47.9. The van der Waals surface area contributed by atoms with Crippen molar-refractivity contribution in [1.82, 2.24) is 34.0 Å². The molecule has 56 heavy (non-hydrogen) atoms. The van der Waals surface area contributed by atoms with E-state index in [1.54, 1.807) is 9.47 Å². The van der Waals surface area contributed by atoms with Crippen molar-refractivity contribution in [3.05, 3.63) is 68.8 Å². The fraction of sp³-hybridized carbons (Fsp3) is 0.472. The molecule has 4 aliphatic rings. The van der Waals surface area contributed by atoms with Crippen LogP contribution in [0.15, 0.2) is 35.4 Å². The standard InChI is InChI=1S/C36H38ClF3N10O6/c1-2-25-28(46-9-11-47(12-10-46)32(53)27-29(52)31(42-19-41-27)48-17-35(55,18-48)21-3-4-21)33(54)50-34(44-30(45-50)20-7-13-56-14-8-20)49(25)16-26(51)43-24-6-5-22(15-23(24)37)36(38,39)40/h5-7,15,19,21,52,55H,2-4,8-14,16-18H2,1H3,(H,43,51). The Balaban J connectivity index is 1.06. The fourth-order valence-electron chi connectivity index (χ4n) is 7.61. The van der Waals surface area contributed by atoms with Gasteiger partial charge in [-0.2, -0.15) is 22.7 Å². The molecule has 3 fully saturated rings. The number of carbonyl (C=O) groups excluding carboxylic acids is 2. The summed E-state index contributed by atoms with van der Waals surface area (Å²) in [4.78, 5) is 59.6. The van der Waals surface area contributed by atoms with Crippen molar-refractivity contribution in [2.75, 3.05) is 67.6 Å². The maximum Gasteiger partial charge on any atom is 0.416 e. The van der Waals surface area contributed by atoms with Gasteiger partial charge in [-0.25, -0.2) is 9.97 Å². The lowest BCUT2D eigenvalue weighted by molar-refractivity contribution is -0.137. The smallest absolute Gasteiger partial charge is 0.416 e. The van der Waals surface area contributed by atoms with E-state index in [1.165, 1.54) is 11.2 Å². The highest BCUT2D eigenvalue weighted by atomic mass is 35.5. The zero-order valence-electron chi connectivity index (χ0n) is 30.2. The molecule has 1 aliphatic carbocycles. The molecule has 0 radical (unpaired) electrons. The van der Waals surface area contributed by atoms with Crippen molar-refractivity contribution >= 4 is 52.0 Å². The monoisotopic (exact) mass is 798 g/mol. The topological polar surface area (TPSA) is 184 Å². The third-order valence-electron chi connectivity index (χ3n) is 10.7. The molecule has 4 aromatic rings. The normalized spacial score (nSPS) is 18.5. The maximum absolute atomic E-state index is 14.3. The maximum atomic E-state index is 14.3. The molecule has 16 nitrogen and oxygen atoms in total. The van der Waals surface area contributed by atoms with E-state index in [9.17, 15) is 37.8 Å². The Morgan fingerprint density at radius 1 is 1.11 bits per heavy atom. The van der Waals surface area contributed by atoms with Crippen LogP contribution >= 0.6 is 11.6 Å². The van der Waals surface area contributed by atoms with Crippen LogP contribution < -0.4 is 20.7 Å². The molecule has 1 aromatic carbocycles. The highest BCUT2D eigenvalue weighted by Crippen LogP contribution is 2.46. The molecule has 0 unspecified atom stereocenters. The number of nitrogens with zero attached hydrogens (tertiary/aromatic N) is 9. The minimum atomic E-state index is -4.62. The number of hydrogen-bond donors (Lipinski definition) is 3. The van der Waals surface area contributed by atoms with Crippen molar-refractivity contribution < 1.29 is 37.7 Å². The Labute approximate surface area is 322 Å².